The standard InChI is InChI=1S/C24H29F2N3O3/c1-15(2)29-13-17(28-12-18-19(25)4-3-5-20(18)26)11-21(29)24(30)27-9-8-16-6-7-22-23(10-16)32-14-31-22/h3-7,10,15,17,21,28H,8-9,11-14H2,1-2H3,(H,27,30)/t17-,21-/m0/s1. The number of likely N-dealkylation sites (tertiary alicyclic amines) is 1. The zero-order valence-corrected chi connectivity index (χ0v) is 18.4. The largest absolute Gasteiger partial charge is 0.454 e. The highest BCUT2D eigenvalue weighted by Crippen LogP contribution is 2.32. The van der Waals surface area contributed by atoms with Crippen molar-refractivity contribution in [1.82, 2.24) is 15.5 Å². The smallest absolute Gasteiger partial charge is 0.237 e. The molecule has 0 saturated carbocycles. The summed E-state index contributed by atoms with van der Waals surface area (Å²) in [7, 11) is 0. The molecule has 2 N–H and O–H groups in total. The van der Waals surface area contributed by atoms with Gasteiger partial charge in [0.25, 0.3) is 0 Å². The van der Waals surface area contributed by atoms with Gasteiger partial charge in [-0.1, -0.05) is 12.1 Å². The van der Waals surface area contributed by atoms with Crippen LogP contribution in [0.25, 0.3) is 0 Å². The first-order valence-electron chi connectivity index (χ1n) is 11.0. The summed E-state index contributed by atoms with van der Waals surface area (Å²) in [6, 6.07) is 9.52. The number of amides is 1. The maximum absolute atomic E-state index is 13.9. The Morgan fingerprint density at radius 3 is 2.66 bits per heavy atom. The van der Waals surface area contributed by atoms with Gasteiger partial charge in [-0.15, -0.1) is 0 Å². The lowest BCUT2D eigenvalue weighted by molar-refractivity contribution is -0.126. The minimum Gasteiger partial charge on any atom is -0.454 e. The third kappa shape index (κ3) is 5.02. The third-order valence-corrected chi connectivity index (χ3v) is 6.08. The maximum Gasteiger partial charge on any atom is 0.237 e. The molecule has 32 heavy (non-hydrogen) atoms. The molecule has 0 unspecified atom stereocenters. The highest BCUT2D eigenvalue weighted by atomic mass is 19.1. The fourth-order valence-electron chi connectivity index (χ4n) is 4.33. The number of ether oxygens (including phenoxy) is 2. The summed E-state index contributed by atoms with van der Waals surface area (Å²) >= 11 is 0. The highest BCUT2D eigenvalue weighted by molar-refractivity contribution is 5.82. The number of carbonyl (C=O) groups excluding carboxylic acids is 1. The van der Waals surface area contributed by atoms with E-state index in [4.69, 9.17) is 9.47 Å². The molecule has 8 heteroatoms. The molecule has 2 aromatic carbocycles. The van der Waals surface area contributed by atoms with Crippen molar-refractivity contribution >= 4 is 5.91 Å². The van der Waals surface area contributed by atoms with E-state index in [1.165, 1.54) is 18.2 Å². The van der Waals surface area contributed by atoms with Crippen molar-refractivity contribution in [2.45, 2.75) is 51.4 Å². The highest BCUT2D eigenvalue weighted by Gasteiger charge is 2.37. The van der Waals surface area contributed by atoms with Gasteiger partial charge in [0.2, 0.25) is 12.7 Å². The van der Waals surface area contributed by atoms with Crippen LogP contribution in [0.5, 0.6) is 11.5 Å². The van der Waals surface area contributed by atoms with E-state index in [0.29, 0.717) is 25.9 Å². The average molecular weight is 446 g/mol. The number of rotatable bonds is 8. The molecule has 2 heterocycles. The fourth-order valence-corrected chi connectivity index (χ4v) is 4.33. The van der Waals surface area contributed by atoms with Crippen molar-refractivity contribution in [3.63, 3.8) is 0 Å². The number of hydrogen-bond donors (Lipinski definition) is 2. The molecule has 2 aromatic rings. The minimum absolute atomic E-state index is 0.0268. The predicted octanol–water partition coefficient (Wildman–Crippen LogP) is 2.99. The van der Waals surface area contributed by atoms with Crippen molar-refractivity contribution in [2.24, 2.45) is 0 Å². The lowest BCUT2D eigenvalue weighted by Crippen LogP contribution is -2.46. The Hall–Kier alpha value is -2.71. The Morgan fingerprint density at radius 2 is 1.91 bits per heavy atom. The van der Waals surface area contributed by atoms with Crippen LogP contribution in [0.4, 0.5) is 8.78 Å². The van der Waals surface area contributed by atoms with Crippen molar-refractivity contribution in [2.75, 3.05) is 19.9 Å². The van der Waals surface area contributed by atoms with Crippen LogP contribution in [-0.2, 0) is 17.8 Å². The summed E-state index contributed by atoms with van der Waals surface area (Å²) in [4.78, 5) is 15.1. The van der Waals surface area contributed by atoms with Gasteiger partial charge in [-0.25, -0.2) is 8.78 Å². The van der Waals surface area contributed by atoms with Crippen LogP contribution >= 0.6 is 0 Å². The van der Waals surface area contributed by atoms with E-state index in [1.54, 1.807) is 0 Å². The number of carbonyl (C=O) groups is 1. The second-order valence-electron chi connectivity index (χ2n) is 8.55. The van der Waals surface area contributed by atoms with E-state index < -0.39 is 11.6 Å². The summed E-state index contributed by atoms with van der Waals surface area (Å²) in [5.41, 5.74) is 1.09. The van der Waals surface area contributed by atoms with Gasteiger partial charge in [0, 0.05) is 37.3 Å². The Balaban J connectivity index is 1.30. The van der Waals surface area contributed by atoms with Crippen molar-refractivity contribution in [3.05, 3.63) is 59.2 Å². The van der Waals surface area contributed by atoms with Gasteiger partial charge < -0.3 is 20.1 Å². The van der Waals surface area contributed by atoms with E-state index in [0.717, 1.165) is 17.1 Å². The maximum atomic E-state index is 13.9. The number of fused-ring (bicyclic) bond motifs is 1. The van der Waals surface area contributed by atoms with Gasteiger partial charge in [0.1, 0.15) is 11.6 Å². The first kappa shape index (κ1) is 22.5. The van der Waals surface area contributed by atoms with E-state index >= 15 is 0 Å². The third-order valence-electron chi connectivity index (χ3n) is 6.08. The second-order valence-corrected chi connectivity index (χ2v) is 8.55. The molecular weight excluding hydrogens is 416 g/mol. The molecule has 1 fully saturated rings. The zero-order chi connectivity index (χ0) is 22.7. The number of nitrogens with one attached hydrogen (secondary N) is 2. The molecule has 0 bridgehead atoms. The number of halogens is 2. The van der Waals surface area contributed by atoms with Crippen LogP contribution in [0.2, 0.25) is 0 Å². The van der Waals surface area contributed by atoms with Gasteiger partial charge in [0.05, 0.1) is 6.04 Å². The van der Waals surface area contributed by atoms with Gasteiger partial charge in [-0.05, 0) is 56.5 Å². The SMILES string of the molecule is CC(C)N1C[C@@H](NCc2c(F)cccc2F)C[C@H]1C(=O)NCCc1ccc2c(c1)OCO2. The molecule has 1 amide bonds. The summed E-state index contributed by atoms with van der Waals surface area (Å²) < 4.78 is 38.6. The topological polar surface area (TPSA) is 62.8 Å². The second kappa shape index (κ2) is 9.83. The van der Waals surface area contributed by atoms with Gasteiger partial charge in [-0.2, -0.15) is 0 Å². The summed E-state index contributed by atoms with van der Waals surface area (Å²) in [6.07, 6.45) is 1.27. The van der Waals surface area contributed by atoms with Crippen molar-refractivity contribution in [1.29, 1.82) is 0 Å². The summed E-state index contributed by atoms with van der Waals surface area (Å²) in [5.74, 6) is 0.324. The van der Waals surface area contributed by atoms with Crippen molar-refractivity contribution < 1.29 is 23.0 Å². The van der Waals surface area contributed by atoms with E-state index in [2.05, 4.69) is 15.5 Å². The van der Waals surface area contributed by atoms with E-state index in [9.17, 15) is 13.6 Å². The van der Waals surface area contributed by atoms with Crippen molar-refractivity contribution in [3.8, 4) is 11.5 Å². The van der Waals surface area contributed by atoms with Gasteiger partial charge in [0.15, 0.2) is 11.5 Å². The molecular formula is C24H29F2N3O3. The normalized spacial score (nSPS) is 20.2. The van der Waals surface area contributed by atoms with Crippen LogP contribution in [0, 0.1) is 11.6 Å². The minimum atomic E-state index is -0.561. The molecule has 6 nitrogen and oxygen atoms in total. The Labute approximate surface area is 186 Å². The molecule has 2 aliphatic rings. The Bertz CT molecular complexity index is 949. The number of nitrogens with zero attached hydrogens (tertiary/aromatic N) is 1. The Kier molecular flexibility index (Phi) is 6.91. The molecule has 2 aliphatic heterocycles. The number of hydrogen-bond acceptors (Lipinski definition) is 5. The fraction of sp³-hybridized carbons (Fsp3) is 0.458. The van der Waals surface area contributed by atoms with Crippen LogP contribution in [-0.4, -0.2) is 48.8 Å². The molecule has 0 radical (unpaired) electrons. The van der Waals surface area contributed by atoms with Crippen LogP contribution in [0.1, 0.15) is 31.4 Å². The predicted molar refractivity (Wildman–Crippen MR) is 117 cm³/mol. The molecule has 0 aromatic heterocycles. The molecule has 0 aliphatic carbocycles. The van der Waals surface area contributed by atoms with E-state index in [1.807, 2.05) is 32.0 Å². The summed E-state index contributed by atoms with van der Waals surface area (Å²) in [5, 5.41) is 6.27. The molecule has 172 valence electrons. The molecule has 4 rings (SSSR count). The number of benzene rings is 2. The van der Waals surface area contributed by atoms with Crippen LogP contribution in [0.3, 0.4) is 0 Å². The van der Waals surface area contributed by atoms with Crippen LogP contribution in [0.15, 0.2) is 36.4 Å². The lowest BCUT2D eigenvalue weighted by Gasteiger charge is -2.27. The molecule has 0 spiro atoms. The first-order valence-corrected chi connectivity index (χ1v) is 11.0. The zero-order valence-electron chi connectivity index (χ0n) is 18.4. The van der Waals surface area contributed by atoms with Crippen LogP contribution < -0.4 is 20.1 Å². The Morgan fingerprint density at radius 1 is 1.16 bits per heavy atom. The quantitative estimate of drug-likeness (QED) is 0.654. The lowest BCUT2D eigenvalue weighted by atomic mass is 10.1. The average Bonchev–Trinajstić information content (AvgIpc) is 3.40. The van der Waals surface area contributed by atoms with E-state index in [-0.39, 0.29) is 42.9 Å². The molecule has 2 atom stereocenters. The van der Waals surface area contributed by atoms with Gasteiger partial charge >= 0.3 is 0 Å². The monoisotopic (exact) mass is 445 g/mol. The van der Waals surface area contributed by atoms with Gasteiger partial charge in [-0.3, -0.25) is 9.69 Å². The summed E-state index contributed by atoms with van der Waals surface area (Å²) in [6.45, 7) is 5.58. The first-order chi connectivity index (χ1) is 15.4. The molecule has 1 saturated heterocycles.